The molecule has 0 aliphatic heterocycles. The van der Waals surface area contributed by atoms with Crippen molar-refractivity contribution in [1.29, 1.82) is 0 Å². The van der Waals surface area contributed by atoms with Gasteiger partial charge < -0.3 is 10.3 Å². The standard InChI is InChI=1S/C18H17FN4O3/c1-11-8-14(26-22-11)10-25-23-18(24)15-3-2-13(17(20)16(15)19)9-12-4-6-21-7-5-12/h2-8H,9-10,20H2,1H3,(H,23,24). The van der Waals surface area contributed by atoms with E-state index in [1.165, 1.54) is 6.07 Å². The third-order valence-electron chi connectivity index (χ3n) is 3.71. The van der Waals surface area contributed by atoms with Gasteiger partial charge in [-0.3, -0.25) is 14.6 Å². The maximum absolute atomic E-state index is 14.5. The molecular weight excluding hydrogens is 339 g/mol. The lowest BCUT2D eigenvalue weighted by Gasteiger charge is -2.11. The van der Waals surface area contributed by atoms with Crippen molar-refractivity contribution in [2.75, 3.05) is 5.73 Å². The molecule has 0 unspecified atom stereocenters. The number of anilines is 1. The molecule has 0 spiro atoms. The molecule has 0 atom stereocenters. The van der Waals surface area contributed by atoms with Gasteiger partial charge in [0, 0.05) is 18.5 Å². The van der Waals surface area contributed by atoms with Gasteiger partial charge in [-0.2, -0.15) is 0 Å². The van der Waals surface area contributed by atoms with Crippen molar-refractivity contribution in [3.8, 4) is 0 Å². The van der Waals surface area contributed by atoms with Crippen LogP contribution < -0.4 is 11.2 Å². The molecule has 3 rings (SSSR count). The summed E-state index contributed by atoms with van der Waals surface area (Å²) in [5, 5.41) is 3.69. The number of halogens is 1. The van der Waals surface area contributed by atoms with Crippen molar-refractivity contribution in [1.82, 2.24) is 15.6 Å². The highest BCUT2D eigenvalue weighted by atomic mass is 19.1. The lowest BCUT2D eigenvalue weighted by molar-refractivity contribution is 0.0153. The molecule has 0 aliphatic carbocycles. The Kier molecular flexibility index (Phi) is 5.23. The fourth-order valence-electron chi connectivity index (χ4n) is 2.40. The number of hydrogen-bond acceptors (Lipinski definition) is 6. The predicted octanol–water partition coefficient (Wildman–Crippen LogP) is 2.55. The van der Waals surface area contributed by atoms with E-state index >= 15 is 0 Å². The minimum atomic E-state index is -0.784. The number of nitrogens with one attached hydrogen (secondary N) is 1. The average Bonchev–Trinajstić information content (AvgIpc) is 3.05. The summed E-state index contributed by atoms with van der Waals surface area (Å²) in [7, 11) is 0. The molecule has 1 amide bonds. The molecule has 7 nitrogen and oxygen atoms in total. The number of amides is 1. The molecule has 2 aromatic heterocycles. The van der Waals surface area contributed by atoms with Crippen molar-refractivity contribution in [2.45, 2.75) is 20.0 Å². The molecule has 0 saturated heterocycles. The van der Waals surface area contributed by atoms with E-state index in [9.17, 15) is 9.18 Å². The quantitative estimate of drug-likeness (QED) is 0.520. The summed E-state index contributed by atoms with van der Waals surface area (Å²) in [4.78, 5) is 21.1. The van der Waals surface area contributed by atoms with Crippen LogP contribution in [0.25, 0.3) is 0 Å². The Balaban J connectivity index is 1.66. The average molecular weight is 356 g/mol. The molecule has 2 heterocycles. The SMILES string of the molecule is Cc1cc(CONC(=O)c2ccc(Cc3ccncc3)c(N)c2F)on1. The van der Waals surface area contributed by atoms with Crippen LogP contribution in [-0.2, 0) is 17.9 Å². The zero-order valence-corrected chi connectivity index (χ0v) is 14.0. The van der Waals surface area contributed by atoms with Gasteiger partial charge in [-0.1, -0.05) is 11.2 Å². The number of aromatic nitrogens is 2. The Hall–Kier alpha value is -3.26. The number of pyridine rings is 1. The molecule has 3 aromatic rings. The van der Waals surface area contributed by atoms with E-state index in [1.807, 2.05) is 12.1 Å². The predicted molar refractivity (Wildman–Crippen MR) is 91.4 cm³/mol. The highest BCUT2D eigenvalue weighted by Crippen LogP contribution is 2.23. The maximum Gasteiger partial charge on any atom is 0.277 e. The number of aryl methyl sites for hydroxylation is 1. The van der Waals surface area contributed by atoms with Crippen LogP contribution in [0.3, 0.4) is 0 Å². The number of hydroxylamine groups is 1. The number of carbonyl (C=O) groups is 1. The first-order valence-electron chi connectivity index (χ1n) is 7.84. The van der Waals surface area contributed by atoms with E-state index in [0.717, 1.165) is 5.56 Å². The number of rotatable bonds is 6. The summed E-state index contributed by atoms with van der Waals surface area (Å²) >= 11 is 0. The minimum absolute atomic E-state index is 0.0240. The van der Waals surface area contributed by atoms with Crippen LogP contribution in [0.4, 0.5) is 10.1 Å². The monoisotopic (exact) mass is 356 g/mol. The van der Waals surface area contributed by atoms with E-state index in [0.29, 0.717) is 23.4 Å². The lowest BCUT2D eigenvalue weighted by Crippen LogP contribution is -2.25. The van der Waals surface area contributed by atoms with Crippen LogP contribution in [0.15, 0.2) is 47.2 Å². The van der Waals surface area contributed by atoms with Gasteiger partial charge in [0.2, 0.25) is 0 Å². The smallest absolute Gasteiger partial charge is 0.277 e. The molecule has 134 valence electrons. The van der Waals surface area contributed by atoms with Gasteiger partial charge in [0.1, 0.15) is 6.61 Å². The fraction of sp³-hybridized carbons (Fsp3) is 0.167. The Morgan fingerprint density at radius 1 is 1.31 bits per heavy atom. The third kappa shape index (κ3) is 4.04. The van der Waals surface area contributed by atoms with Gasteiger partial charge >= 0.3 is 0 Å². The van der Waals surface area contributed by atoms with Crippen molar-refractivity contribution in [3.05, 3.63) is 76.7 Å². The zero-order chi connectivity index (χ0) is 18.5. The lowest BCUT2D eigenvalue weighted by atomic mass is 10.0. The molecule has 0 fully saturated rings. The van der Waals surface area contributed by atoms with Gasteiger partial charge in [0.05, 0.1) is 16.9 Å². The molecule has 0 aliphatic rings. The summed E-state index contributed by atoms with van der Waals surface area (Å²) in [6.07, 6.45) is 3.74. The van der Waals surface area contributed by atoms with Gasteiger partial charge in [0.15, 0.2) is 11.6 Å². The van der Waals surface area contributed by atoms with E-state index in [-0.39, 0.29) is 17.9 Å². The Bertz CT molecular complexity index is 912. The van der Waals surface area contributed by atoms with Crippen LogP contribution in [0.2, 0.25) is 0 Å². The van der Waals surface area contributed by atoms with E-state index in [4.69, 9.17) is 15.1 Å². The molecule has 0 saturated carbocycles. The van der Waals surface area contributed by atoms with Crippen LogP contribution in [0, 0.1) is 12.7 Å². The zero-order valence-electron chi connectivity index (χ0n) is 14.0. The van der Waals surface area contributed by atoms with E-state index < -0.39 is 11.7 Å². The Morgan fingerprint density at radius 2 is 2.08 bits per heavy atom. The Morgan fingerprint density at radius 3 is 2.77 bits per heavy atom. The molecule has 8 heteroatoms. The molecular formula is C18H17FN4O3. The largest absolute Gasteiger partial charge is 0.396 e. The second kappa shape index (κ2) is 7.75. The molecule has 0 radical (unpaired) electrons. The fourth-order valence-corrected chi connectivity index (χ4v) is 2.40. The summed E-state index contributed by atoms with van der Waals surface area (Å²) in [6, 6.07) is 8.29. The number of nitrogens with zero attached hydrogens (tertiary/aromatic N) is 2. The van der Waals surface area contributed by atoms with Crippen molar-refractivity contribution < 1.29 is 18.5 Å². The van der Waals surface area contributed by atoms with Gasteiger partial charge in [0.25, 0.3) is 5.91 Å². The normalized spacial score (nSPS) is 10.7. The topological polar surface area (TPSA) is 103 Å². The maximum atomic E-state index is 14.5. The number of benzene rings is 1. The van der Waals surface area contributed by atoms with Gasteiger partial charge in [-0.05, 0) is 42.7 Å². The highest BCUT2D eigenvalue weighted by molar-refractivity contribution is 5.95. The second-order valence-electron chi connectivity index (χ2n) is 5.69. The molecule has 0 bridgehead atoms. The second-order valence-corrected chi connectivity index (χ2v) is 5.69. The number of nitrogen functional groups attached to an aromatic ring is 1. The van der Waals surface area contributed by atoms with Crippen molar-refractivity contribution >= 4 is 11.6 Å². The first kappa shape index (κ1) is 17.6. The van der Waals surface area contributed by atoms with Crippen molar-refractivity contribution in [2.24, 2.45) is 0 Å². The number of nitrogens with two attached hydrogens (primary N) is 1. The van der Waals surface area contributed by atoms with E-state index in [1.54, 1.807) is 31.5 Å². The highest BCUT2D eigenvalue weighted by Gasteiger charge is 2.17. The van der Waals surface area contributed by atoms with Gasteiger partial charge in [-0.15, -0.1) is 0 Å². The van der Waals surface area contributed by atoms with Crippen LogP contribution in [0.5, 0.6) is 0 Å². The summed E-state index contributed by atoms with van der Waals surface area (Å²) in [5.74, 6) is -1.08. The van der Waals surface area contributed by atoms with Crippen molar-refractivity contribution in [3.63, 3.8) is 0 Å². The van der Waals surface area contributed by atoms with Gasteiger partial charge in [-0.25, -0.2) is 9.87 Å². The number of hydrogen-bond donors (Lipinski definition) is 2. The third-order valence-corrected chi connectivity index (χ3v) is 3.71. The Labute approximate surface area is 148 Å². The first-order valence-corrected chi connectivity index (χ1v) is 7.84. The summed E-state index contributed by atoms with van der Waals surface area (Å²) in [6.45, 7) is 1.74. The summed E-state index contributed by atoms with van der Waals surface area (Å²) in [5.41, 5.74) is 9.97. The van der Waals surface area contributed by atoms with Crippen LogP contribution >= 0.6 is 0 Å². The van der Waals surface area contributed by atoms with E-state index in [2.05, 4.69) is 15.6 Å². The molecule has 1 aromatic carbocycles. The summed E-state index contributed by atoms with van der Waals surface area (Å²) < 4.78 is 19.4. The van der Waals surface area contributed by atoms with Crippen LogP contribution in [-0.4, -0.2) is 16.0 Å². The minimum Gasteiger partial charge on any atom is -0.396 e. The van der Waals surface area contributed by atoms with Crippen LogP contribution in [0.1, 0.15) is 32.9 Å². The molecule has 3 N–H and O–H groups in total. The molecule has 26 heavy (non-hydrogen) atoms. The first-order chi connectivity index (χ1) is 12.5. The number of carbonyl (C=O) groups excluding carboxylic acids is 1.